The third kappa shape index (κ3) is 48.8. The first kappa shape index (κ1) is 58.9. The Morgan fingerprint density at radius 1 is 0.311 bits per heavy atom. The molecule has 1 unspecified atom stereocenters. The van der Waals surface area contributed by atoms with Crippen LogP contribution in [0, 0.1) is 0 Å². The smallest absolute Gasteiger partial charge is 0.306 e. The molecule has 0 radical (unpaired) electrons. The molecule has 0 rings (SSSR count). The van der Waals surface area contributed by atoms with E-state index in [0.717, 1.165) is 64.2 Å². The first-order valence-corrected chi connectivity index (χ1v) is 26.8. The van der Waals surface area contributed by atoms with Crippen molar-refractivity contribution in [3.63, 3.8) is 0 Å². The highest BCUT2D eigenvalue weighted by molar-refractivity contribution is 5.71. The summed E-state index contributed by atoms with van der Waals surface area (Å²) in [6.07, 6.45) is 57.4. The Balaban J connectivity index is 4.27. The minimum Gasteiger partial charge on any atom is -0.462 e. The van der Waals surface area contributed by atoms with Gasteiger partial charge in [-0.2, -0.15) is 0 Å². The molecule has 0 aromatic heterocycles. The standard InChI is InChI=1S/C55H102O6/c1-4-7-10-13-16-19-21-23-25-26-27-28-30-31-33-36-39-42-45-48-54(57)60-51-52(50-59-53(56)47-44-41-38-35-18-15-12-9-6-3)61-55(58)49-46-43-40-37-34-32-29-24-22-20-17-14-11-8-5-2/h23-25,29,52H,4-22,26-28,30-51H2,1-3H3/b25-23-,29-24-. The Labute approximate surface area is 379 Å². The molecule has 0 aromatic carbocycles. The Hall–Kier alpha value is -2.11. The molecular weight excluding hydrogens is 757 g/mol. The van der Waals surface area contributed by atoms with E-state index in [4.69, 9.17) is 14.2 Å². The summed E-state index contributed by atoms with van der Waals surface area (Å²) in [6, 6.07) is 0. The molecule has 0 fully saturated rings. The lowest BCUT2D eigenvalue weighted by atomic mass is 10.1. The normalized spacial score (nSPS) is 12.1. The molecule has 6 nitrogen and oxygen atoms in total. The van der Waals surface area contributed by atoms with E-state index in [1.807, 2.05) is 0 Å². The van der Waals surface area contributed by atoms with Crippen LogP contribution in [0.3, 0.4) is 0 Å². The van der Waals surface area contributed by atoms with Gasteiger partial charge < -0.3 is 14.2 Å². The lowest BCUT2D eigenvalue weighted by molar-refractivity contribution is -0.167. The molecule has 0 saturated carbocycles. The molecular formula is C55H102O6. The first-order chi connectivity index (χ1) is 30.0. The van der Waals surface area contributed by atoms with Crippen molar-refractivity contribution in [3.8, 4) is 0 Å². The molecule has 0 N–H and O–H groups in total. The number of rotatable bonds is 49. The monoisotopic (exact) mass is 859 g/mol. The summed E-state index contributed by atoms with van der Waals surface area (Å²) >= 11 is 0. The fraction of sp³-hybridized carbons (Fsp3) is 0.873. The summed E-state index contributed by atoms with van der Waals surface area (Å²) in [4.78, 5) is 37.9. The summed E-state index contributed by atoms with van der Waals surface area (Å²) in [6.45, 7) is 6.63. The van der Waals surface area contributed by atoms with Crippen molar-refractivity contribution in [3.05, 3.63) is 24.3 Å². The minimum atomic E-state index is -0.771. The van der Waals surface area contributed by atoms with Gasteiger partial charge in [-0.25, -0.2) is 0 Å². The molecule has 0 aromatic rings. The zero-order valence-corrected chi connectivity index (χ0v) is 40.9. The second kappa shape index (κ2) is 50.5. The molecule has 61 heavy (non-hydrogen) atoms. The summed E-state index contributed by atoms with van der Waals surface area (Å²) in [7, 11) is 0. The van der Waals surface area contributed by atoms with Crippen LogP contribution in [0.4, 0.5) is 0 Å². The molecule has 6 heteroatoms. The molecule has 0 aliphatic rings. The molecule has 0 spiro atoms. The highest BCUT2D eigenvalue weighted by Crippen LogP contribution is 2.15. The van der Waals surface area contributed by atoms with Gasteiger partial charge in [0.05, 0.1) is 0 Å². The molecule has 0 aliphatic heterocycles. The topological polar surface area (TPSA) is 78.9 Å². The van der Waals surface area contributed by atoms with Gasteiger partial charge in [0.15, 0.2) is 6.10 Å². The maximum absolute atomic E-state index is 12.8. The fourth-order valence-electron chi connectivity index (χ4n) is 7.84. The van der Waals surface area contributed by atoms with E-state index in [1.165, 1.54) is 186 Å². The van der Waals surface area contributed by atoms with Crippen molar-refractivity contribution in [2.45, 2.75) is 297 Å². The van der Waals surface area contributed by atoms with E-state index >= 15 is 0 Å². The summed E-state index contributed by atoms with van der Waals surface area (Å²) in [5.41, 5.74) is 0. The van der Waals surface area contributed by atoms with Crippen LogP contribution in [0.25, 0.3) is 0 Å². The van der Waals surface area contributed by atoms with E-state index in [9.17, 15) is 14.4 Å². The molecule has 1 atom stereocenters. The number of unbranched alkanes of at least 4 members (excludes halogenated alkanes) is 34. The van der Waals surface area contributed by atoms with Gasteiger partial charge in [0.25, 0.3) is 0 Å². The van der Waals surface area contributed by atoms with Crippen LogP contribution in [-0.4, -0.2) is 37.2 Å². The quantitative estimate of drug-likeness (QED) is 0.0262. The second-order valence-electron chi connectivity index (χ2n) is 18.1. The number of ether oxygens (including phenoxy) is 3. The van der Waals surface area contributed by atoms with E-state index in [-0.39, 0.29) is 31.1 Å². The first-order valence-electron chi connectivity index (χ1n) is 26.8. The second-order valence-corrected chi connectivity index (χ2v) is 18.1. The van der Waals surface area contributed by atoms with Crippen LogP contribution >= 0.6 is 0 Å². The van der Waals surface area contributed by atoms with E-state index in [2.05, 4.69) is 45.1 Å². The Kier molecular flexibility index (Phi) is 48.8. The maximum atomic E-state index is 12.8. The highest BCUT2D eigenvalue weighted by Gasteiger charge is 2.19. The lowest BCUT2D eigenvalue weighted by Crippen LogP contribution is -2.30. The van der Waals surface area contributed by atoms with Gasteiger partial charge in [-0.1, -0.05) is 225 Å². The number of hydrogen-bond acceptors (Lipinski definition) is 6. The van der Waals surface area contributed by atoms with E-state index in [0.29, 0.717) is 19.3 Å². The van der Waals surface area contributed by atoms with Gasteiger partial charge >= 0.3 is 17.9 Å². The third-order valence-electron chi connectivity index (χ3n) is 11.9. The fourth-order valence-corrected chi connectivity index (χ4v) is 7.84. The molecule has 0 amide bonds. The SMILES string of the molecule is CCCCCCCC/C=C\CCCCCCCCCCCC(=O)OCC(COC(=O)CCCCCCCCCCC)OC(=O)CCCCCCC/C=C\CCCCCCCC. The molecule has 0 saturated heterocycles. The lowest BCUT2D eigenvalue weighted by Gasteiger charge is -2.18. The van der Waals surface area contributed by atoms with Gasteiger partial charge in [-0.15, -0.1) is 0 Å². The van der Waals surface area contributed by atoms with Crippen LogP contribution in [-0.2, 0) is 28.6 Å². The third-order valence-corrected chi connectivity index (χ3v) is 11.9. The zero-order valence-electron chi connectivity index (χ0n) is 40.9. The summed E-state index contributed by atoms with van der Waals surface area (Å²) < 4.78 is 16.8. The molecule has 0 bridgehead atoms. The Bertz CT molecular complexity index is 989. The zero-order chi connectivity index (χ0) is 44.4. The molecule has 358 valence electrons. The van der Waals surface area contributed by atoms with Crippen molar-refractivity contribution >= 4 is 17.9 Å². The predicted molar refractivity (Wildman–Crippen MR) is 261 cm³/mol. The largest absolute Gasteiger partial charge is 0.462 e. The predicted octanol–water partition coefficient (Wildman–Crippen LogP) is 17.5. The van der Waals surface area contributed by atoms with Crippen LogP contribution in [0.5, 0.6) is 0 Å². The van der Waals surface area contributed by atoms with E-state index in [1.54, 1.807) is 0 Å². The number of allylic oxidation sites excluding steroid dienone is 4. The summed E-state index contributed by atoms with van der Waals surface area (Å²) in [5, 5.41) is 0. The van der Waals surface area contributed by atoms with Crippen LogP contribution in [0.15, 0.2) is 24.3 Å². The van der Waals surface area contributed by atoms with Crippen molar-refractivity contribution in [1.29, 1.82) is 0 Å². The van der Waals surface area contributed by atoms with Crippen LogP contribution < -0.4 is 0 Å². The number of hydrogen-bond donors (Lipinski definition) is 0. The number of esters is 3. The highest BCUT2D eigenvalue weighted by atomic mass is 16.6. The van der Waals surface area contributed by atoms with Gasteiger partial charge in [0.2, 0.25) is 0 Å². The van der Waals surface area contributed by atoms with Gasteiger partial charge in [-0.3, -0.25) is 14.4 Å². The number of carbonyl (C=O) groups excluding carboxylic acids is 3. The van der Waals surface area contributed by atoms with Crippen LogP contribution in [0.2, 0.25) is 0 Å². The maximum Gasteiger partial charge on any atom is 0.306 e. The molecule has 0 heterocycles. The minimum absolute atomic E-state index is 0.0718. The van der Waals surface area contributed by atoms with Crippen molar-refractivity contribution < 1.29 is 28.6 Å². The van der Waals surface area contributed by atoms with Gasteiger partial charge in [0, 0.05) is 19.3 Å². The Morgan fingerprint density at radius 2 is 0.541 bits per heavy atom. The summed E-state index contributed by atoms with van der Waals surface area (Å²) in [5.74, 6) is -0.872. The molecule has 0 aliphatic carbocycles. The van der Waals surface area contributed by atoms with Crippen molar-refractivity contribution in [2.24, 2.45) is 0 Å². The number of carbonyl (C=O) groups is 3. The average Bonchev–Trinajstić information content (AvgIpc) is 3.26. The Morgan fingerprint density at radius 3 is 0.820 bits per heavy atom. The van der Waals surface area contributed by atoms with E-state index < -0.39 is 6.10 Å². The van der Waals surface area contributed by atoms with Crippen LogP contribution in [0.1, 0.15) is 290 Å². The average molecular weight is 859 g/mol. The van der Waals surface area contributed by atoms with Crippen molar-refractivity contribution in [1.82, 2.24) is 0 Å². The van der Waals surface area contributed by atoms with Crippen molar-refractivity contribution in [2.75, 3.05) is 13.2 Å². The van der Waals surface area contributed by atoms with Gasteiger partial charge in [-0.05, 0) is 70.6 Å². The van der Waals surface area contributed by atoms with Gasteiger partial charge in [0.1, 0.15) is 13.2 Å².